The smallest absolute Gasteiger partial charge is 0.330 e. The first kappa shape index (κ1) is 25.5. The van der Waals surface area contributed by atoms with Crippen molar-refractivity contribution in [1.29, 1.82) is 0 Å². The van der Waals surface area contributed by atoms with Crippen molar-refractivity contribution in [3.63, 3.8) is 0 Å². The molecule has 7 atom stereocenters. The van der Waals surface area contributed by atoms with Crippen molar-refractivity contribution in [3.05, 3.63) is 23.3 Å². The van der Waals surface area contributed by atoms with E-state index in [-0.39, 0.29) is 16.2 Å². The van der Waals surface area contributed by atoms with Crippen molar-refractivity contribution in [2.45, 2.75) is 106 Å². The summed E-state index contributed by atoms with van der Waals surface area (Å²) in [6.07, 6.45) is 14.7. The largest absolute Gasteiger partial charge is 0.478 e. The molecule has 0 heterocycles. The Morgan fingerprint density at radius 3 is 2.53 bits per heavy atom. The lowest BCUT2D eigenvalue weighted by atomic mass is 9.41. The summed E-state index contributed by atoms with van der Waals surface area (Å²) in [7, 11) is 0. The molecule has 0 aromatic rings. The third kappa shape index (κ3) is 3.53. The summed E-state index contributed by atoms with van der Waals surface area (Å²) in [6, 6.07) is 0. The van der Waals surface area contributed by atoms with Gasteiger partial charge in [0.25, 0.3) is 0 Å². The zero-order valence-electron chi connectivity index (χ0n) is 22.6. The van der Waals surface area contributed by atoms with Gasteiger partial charge in [0.15, 0.2) is 0 Å². The second-order valence-corrected chi connectivity index (χ2v) is 13.5. The molecule has 0 unspecified atom stereocenters. The van der Waals surface area contributed by atoms with Gasteiger partial charge in [0.05, 0.1) is 5.71 Å². The number of aliphatic carboxylic acids is 1. The molecule has 4 heteroatoms. The number of allylic oxidation sites excluding steroid dienone is 3. The van der Waals surface area contributed by atoms with Gasteiger partial charge in [-0.15, -0.1) is 0 Å². The fraction of sp³-hybridized carbons (Fsp3) is 0.800. The molecule has 4 nitrogen and oxygen atoms in total. The molecule has 4 rings (SSSR count). The van der Waals surface area contributed by atoms with E-state index in [1.165, 1.54) is 25.7 Å². The minimum Gasteiger partial charge on any atom is -0.478 e. The molecule has 4 aliphatic rings. The van der Waals surface area contributed by atoms with E-state index in [0.29, 0.717) is 34.7 Å². The van der Waals surface area contributed by atoms with Crippen molar-refractivity contribution in [1.82, 2.24) is 0 Å². The second kappa shape index (κ2) is 8.52. The first-order valence-corrected chi connectivity index (χ1v) is 13.6. The highest BCUT2D eigenvalue weighted by Crippen LogP contribution is 2.73. The summed E-state index contributed by atoms with van der Waals surface area (Å²) in [5.41, 5.74) is 3.98. The van der Waals surface area contributed by atoms with Crippen molar-refractivity contribution >= 4 is 11.7 Å². The monoisotopic (exact) mass is 469 g/mol. The van der Waals surface area contributed by atoms with Gasteiger partial charge in [0.2, 0.25) is 0 Å². The van der Waals surface area contributed by atoms with Crippen LogP contribution in [-0.4, -0.2) is 22.0 Å². The summed E-state index contributed by atoms with van der Waals surface area (Å²) in [6.45, 7) is 16.4. The van der Waals surface area contributed by atoms with Crippen molar-refractivity contribution in [2.75, 3.05) is 0 Å². The number of oxime groups is 1. The molecule has 3 fully saturated rings. The quantitative estimate of drug-likeness (QED) is 0.186. The summed E-state index contributed by atoms with van der Waals surface area (Å²) in [5.74, 6) is 1.66. The van der Waals surface area contributed by atoms with Crippen LogP contribution in [0, 0.1) is 45.3 Å². The first-order valence-electron chi connectivity index (χ1n) is 13.6. The van der Waals surface area contributed by atoms with Crippen LogP contribution in [0.15, 0.2) is 28.5 Å². The number of carboxylic acids is 1. The molecule has 0 spiro atoms. The molecule has 0 radical (unpaired) electrons. The van der Waals surface area contributed by atoms with Gasteiger partial charge in [-0.2, -0.15) is 0 Å². The summed E-state index contributed by atoms with van der Waals surface area (Å²) >= 11 is 0. The molecule has 0 aromatic heterocycles. The molecule has 0 saturated heterocycles. The highest BCUT2D eigenvalue weighted by Gasteiger charge is 2.65. The minimum absolute atomic E-state index is 0.0558. The van der Waals surface area contributed by atoms with Gasteiger partial charge in [0.1, 0.15) is 0 Å². The van der Waals surface area contributed by atoms with E-state index in [1.54, 1.807) is 12.5 Å². The van der Waals surface area contributed by atoms with Gasteiger partial charge >= 0.3 is 5.97 Å². The molecule has 190 valence electrons. The van der Waals surface area contributed by atoms with Gasteiger partial charge in [0, 0.05) is 11.0 Å². The van der Waals surface area contributed by atoms with E-state index in [4.69, 9.17) is 5.11 Å². The zero-order chi connectivity index (χ0) is 25.1. The maximum absolute atomic E-state index is 11.2. The van der Waals surface area contributed by atoms with Gasteiger partial charge in [-0.25, -0.2) is 4.79 Å². The normalized spacial score (nSPS) is 43.5. The summed E-state index contributed by atoms with van der Waals surface area (Å²) < 4.78 is 0. The molecular weight excluding hydrogens is 422 g/mol. The van der Waals surface area contributed by atoms with Crippen LogP contribution in [0.4, 0.5) is 0 Å². The van der Waals surface area contributed by atoms with Crippen LogP contribution in [0.1, 0.15) is 106 Å². The van der Waals surface area contributed by atoms with Crippen molar-refractivity contribution < 1.29 is 15.1 Å². The molecule has 34 heavy (non-hydrogen) atoms. The molecule has 4 aliphatic carbocycles. The van der Waals surface area contributed by atoms with E-state index in [0.717, 1.165) is 37.8 Å². The Labute approximate surface area is 207 Å². The molecule has 0 aliphatic heterocycles. The Morgan fingerprint density at radius 2 is 1.88 bits per heavy atom. The number of carboxylic acid groups (broad SMARTS) is 1. The third-order valence-corrected chi connectivity index (χ3v) is 11.9. The van der Waals surface area contributed by atoms with Gasteiger partial charge in [-0.3, -0.25) is 0 Å². The van der Waals surface area contributed by atoms with Crippen LogP contribution in [0.25, 0.3) is 0 Å². The maximum atomic E-state index is 11.2. The van der Waals surface area contributed by atoms with Crippen LogP contribution in [0.3, 0.4) is 0 Å². The molecule has 0 bridgehead atoms. The molecule has 0 aromatic carbocycles. The number of carbonyl (C=O) groups is 1. The zero-order valence-corrected chi connectivity index (χ0v) is 22.6. The minimum atomic E-state index is -0.800. The first-order chi connectivity index (χ1) is 15.8. The average molecular weight is 470 g/mol. The van der Waals surface area contributed by atoms with Crippen LogP contribution in [-0.2, 0) is 4.79 Å². The van der Waals surface area contributed by atoms with Crippen LogP contribution >= 0.6 is 0 Å². The third-order valence-electron chi connectivity index (χ3n) is 11.9. The molecule has 3 saturated carbocycles. The number of hydrogen-bond donors (Lipinski definition) is 2. The van der Waals surface area contributed by atoms with Crippen molar-refractivity contribution in [3.8, 4) is 0 Å². The van der Waals surface area contributed by atoms with E-state index in [2.05, 4.69) is 52.8 Å². The van der Waals surface area contributed by atoms with E-state index in [1.807, 2.05) is 6.08 Å². The van der Waals surface area contributed by atoms with Crippen LogP contribution in [0.5, 0.6) is 0 Å². The Balaban J connectivity index is 1.59. The van der Waals surface area contributed by atoms with E-state index < -0.39 is 5.97 Å². The van der Waals surface area contributed by atoms with Crippen LogP contribution in [0.2, 0.25) is 0 Å². The predicted molar refractivity (Wildman–Crippen MR) is 138 cm³/mol. The van der Waals surface area contributed by atoms with Crippen molar-refractivity contribution in [2.24, 2.45) is 50.5 Å². The fourth-order valence-electron chi connectivity index (χ4n) is 9.51. The Morgan fingerprint density at radius 1 is 1.18 bits per heavy atom. The van der Waals surface area contributed by atoms with Crippen LogP contribution < -0.4 is 0 Å². The number of fused-ring (bicyclic) bond motifs is 5. The highest BCUT2D eigenvalue weighted by atomic mass is 16.4. The molecule has 2 N–H and O–H groups in total. The number of rotatable bonds is 5. The van der Waals surface area contributed by atoms with E-state index in [9.17, 15) is 10.0 Å². The summed E-state index contributed by atoms with van der Waals surface area (Å²) in [5, 5.41) is 22.6. The standard InChI is InChI=1S/C30H47NO3/c1-19(9-8-10-20(2)26(32)33)21-13-17-30(7)23-11-12-24-27(3,4)25(31-34)15-16-28(24,5)22(23)14-18-29(21,30)6/h10-11,19,21-22,24,34H,8-9,12-18H2,1-7H3,(H,32,33)/b20-10-,31-25-/t19-,21+,22-,24-,28+,29-,30+/m0/s1. The lowest BCUT2D eigenvalue weighted by molar-refractivity contribution is -0.132. The van der Waals surface area contributed by atoms with Gasteiger partial charge < -0.3 is 10.3 Å². The van der Waals surface area contributed by atoms with E-state index >= 15 is 0 Å². The maximum Gasteiger partial charge on any atom is 0.330 e. The SMILES string of the molecule is C/C(=C/CC[C@H](C)[C@H]1CC[C@]2(C)C3=CC[C@H]4C(C)(C)/C(=N\O)CC[C@]4(C)[C@H]3CC[C@@]12C)C(=O)O. The Hall–Kier alpha value is -1.58. The van der Waals surface area contributed by atoms with Gasteiger partial charge in [-0.1, -0.05) is 64.4 Å². The average Bonchev–Trinajstić information content (AvgIpc) is 3.04. The Bertz CT molecular complexity index is 929. The second-order valence-electron chi connectivity index (χ2n) is 13.5. The Kier molecular flexibility index (Phi) is 6.39. The lowest BCUT2D eigenvalue weighted by Gasteiger charge is -2.63. The highest BCUT2D eigenvalue weighted by molar-refractivity contribution is 5.90. The number of nitrogens with zero attached hydrogens (tertiary/aromatic N) is 1. The lowest BCUT2D eigenvalue weighted by Crippen LogP contribution is -2.57. The molecule has 0 amide bonds. The topological polar surface area (TPSA) is 69.9 Å². The fourth-order valence-corrected chi connectivity index (χ4v) is 9.51. The number of hydrogen-bond acceptors (Lipinski definition) is 3. The summed E-state index contributed by atoms with van der Waals surface area (Å²) in [4.78, 5) is 11.2. The molecular formula is C30H47NO3. The predicted octanol–water partition coefficient (Wildman–Crippen LogP) is 7.87. The van der Waals surface area contributed by atoms with Gasteiger partial charge in [-0.05, 0) is 105 Å².